The van der Waals surface area contributed by atoms with Crippen LogP contribution in [0.3, 0.4) is 0 Å². The average Bonchev–Trinajstić information content (AvgIpc) is 2.27. The second-order valence-corrected chi connectivity index (χ2v) is 5.50. The lowest BCUT2D eigenvalue weighted by atomic mass is 10.1. The van der Waals surface area contributed by atoms with Gasteiger partial charge in [-0.25, -0.2) is 0 Å². The van der Waals surface area contributed by atoms with Crippen LogP contribution in [0.2, 0.25) is 0 Å². The average molecular weight is 236 g/mol. The SMILES string of the molecule is CCCC(=O)c1ccc(SCC(C)C)cc1. The van der Waals surface area contributed by atoms with Gasteiger partial charge in [0.25, 0.3) is 0 Å². The maximum Gasteiger partial charge on any atom is 0.162 e. The summed E-state index contributed by atoms with van der Waals surface area (Å²) in [4.78, 5) is 12.9. The Morgan fingerprint density at radius 1 is 1.25 bits per heavy atom. The number of carbonyl (C=O) groups is 1. The molecule has 0 atom stereocenters. The number of carbonyl (C=O) groups excluding carboxylic acids is 1. The minimum Gasteiger partial charge on any atom is -0.294 e. The number of ketones is 1. The van der Waals surface area contributed by atoms with Gasteiger partial charge < -0.3 is 0 Å². The molecular formula is C14H20OS. The summed E-state index contributed by atoms with van der Waals surface area (Å²) in [6.45, 7) is 6.46. The molecule has 0 bridgehead atoms. The Labute approximate surface area is 103 Å². The van der Waals surface area contributed by atoms with Crippen molar-refractivity contribution in [3.8, 4) is 0 Å². The van der Waals surface area contributed by atoms with E-state index in [0.29, 0.717) is 12.3 Å². The molecule has 0 aliphatic rings. The summed E-state index contributed by atoms with van der Waals surface area (Å²) in [6, 6.07) is 7.99. The van der Waals surface area contributed by atoms with Crippen molar-refractivity contribution in [2.24, 2.45) is 5.92 Å². The molecule has 2 heteroatoms. The minimum atomic E-state index is 0.253. The molecule has 0 fully saturated rings. The van der Waals surface area contributed by atoms with E-state index in [4.69, 9.17) is 0 Å². The quantitative estimate of drug-likeness (QED) is 0.537. The molecule has 1 aromatic rings. The minimum absolute atomic E-state index is 0.253. The third-order valence-corrected chi connectivity index (χ3v) is 3.68. The smallest absolute Gasteiger partial charge is 0.162 e. The summed E-state index contributed by atoms with van der Waals surface area (Å²) in [5.74, 6) is 2.08. The number of hydrogen-bond donors (Lipinski definition) is 0. The first-order valence-electron chi connectivity index (χ1n) is 5.89. The third-order valence-electron chi connectivity index (χ3n) is 2.24. The first kappa shape index (κ1) is 13.3. The molecule has 0 saturated carbocycles. The Kier molecular flexibility index (Phi) is 5.61. The van der Waals surface area contributed by atoms with Gasteiger partial charge in [0.05, 0.1) is 0 Å². The van der Waals surface area contributed by atoms with Crippen molar-refractivity contribution >= 4 is 17.5 Å². The second kappa shape index (κ2) is 6.74. The molecule has 0 radical (unpaired) electrons. The first-order valence-corrected chi connectivity index (χ1v) is 6.88. The van der Waals surface area contributed by atoms with Gasteiger partial charge in [0.15, 0.2) is 5.78 Å². The first-order chi connectivity index (χ1) is 7.63. The van der Waals surface area contributed by atoms with Crippen LogP contribution in [-0.4, -0.2) is 11.5 Å². The van der Waals surface area contributed by atoms with E-state index in [9.17, 15) is 4.79 Å². The van der Waals surface area contributed by atoms with Crippen LogP contribution in [0.15, 0.2) is 29.2 Å². The van der Waals surface area contributed by atoms with Crippen molar-refractivity contribution in [2.45, 2.75) is 38.5 Å². The van der Waals surface area contributed by atoms with E-state index < -0.39 is 0 Å². The van der Waals surface area contributed by atoms with E-state index in [2.05, 4.69) is 26.0 Å². The maximum absolute atomic E-state index is 11.6. The van der Waals surface area contributed by atoms with E-state index in [1.54, 1.807) is 0 Å². The zero-order valence-corrected chi connectivity index (χ0v) is 11.1. The molecule has 16 heavy (non-hydrogen) atoms. The van der Waals surface area contributed by atoms with Crippen LogP contribution in [0.5, 0.6) is 0 Å². The summed E-state index contributed by atoms with van der Waals surface area (Å²) < 4.78 is 0. The van der Waals surface area contributed by atoms with Crippen molar-refractivity contribution in [2.75, 3.05) is 5.75 Å². The van der Waals surface area contributed by atoms with Crippen LogP contribution in [0, 0.1) is 5.92 Å². The van der Waals surface area contributed by atoms with E-state index in [0.717, 1.165) is 17.7 Å². The van der Waals surface area contributed by atoms with Crippen molar-refractivity contribution < 1.29 is 4.79 Å². The molecule has 0 saturated heterocycles. The molecule has 0 aliphatic heterocycles. The Bertz CT molecular complexity index is 327. The fourth-order valence-electron chi connectivity index (χ4n) is 1.37. The normalized spacial score (nSPS) is 10.8. The number of thioether (sulfide) groups is 1. The Balaban J connectivity index is 2.57. The second-order valence-electron chi connectivity index (χ2n) is 4.40. The van der Waals surface area contributed by atoms with Gasteiger partial charge in [-0.1, -0.05) is 32.9 Å². The monoisotopic (exact) mass is 236 g/mol. The molecule has 0 aliphatic carbocycles. The molecule has 1 aromatic carbocycles. The van der Waals surface area contributed by atoms with Gasteiger partial charge in [-0.2, -0.15) is 0 Å². The highest BCUT2D eigenvalue weighted by molar-refractivity contribution is 7.99. The fraction of sp³-hybridized carbons (Fsp3) is 0.500. The largest absolute Gasteiger partial charge is 0.294 e. The van der Waals surface area contributed by atoms with Crippen LogP contribution in [0.1, 0.15) is 44.0 Å². The van der Waals surface area contributed by atoms with E-state index in [-0.39, 0.29) is 5.78 Å². The van der Waals surface area contributed by atoms with Crippen molar-refractivity contribution in [3.63, 3.8) is 0 Å². The molecule has 1 rings (SSSR count). The highest BCUT2D eigenvalue weighted by Gasteiger charge is 2.04. The van der Waals surface area contributed by atoms with Crippen LogP contribution in [0.4, 0.5) is 0 Å². The van der Waals surface area contributed by atoms with E-state index in [1.165, 1.54) is 4.90 Å². The number of rotatable bonds is 6. The summed E-state index contributed by atoms with van der Waals surface area (Å²) in [6.07, 6.45) is 1.57. The standard InChI is InChI=1S/C14H20OS/c1-4-5-14(15)12-6-8-13(9-7-12)16-10-11(2)3/h6-9,11H,4-5,10H2,1-3H3. The van der Waals surface area contributed by atoms with Crippen molar-refractivity contribution in [3.05, 3.63) is 29.8 Å². The van der Waals surface area contributed by atoms with Gasteiger partial charge >= 0.3 is 0 Å². The lowest BCUT2D eigenvalue weighted by Gasteiger charge is -2.05. The third kappa shape index (κ3) is 4.40. The molecule has 0 N–H and O–H groups in total. The fourth-order valence-corrected chi connectivity index (χ4v) is 2.23. The number of Topliss-reactive ketones (excluding diaryl/α,β-unsaturated/α-hetero) is 1. The van der Waals surface area contributed by atoms with Gasteiger partial charge in [0.2, 0.25) is 0 Å². The molecule has 0 amide bonds. The van der Waals surface area contributed by atoms with E-state index in [1.807, 2.05) is 30.8 Å². The Hall–Kier alpha value is -0.760. The summed E-state index contributed by atoms with van der Waals surface area (Å²) >= 11 is 1.85. The Morgan fingerprint density at radius 2 is 1.88 bits per heavy atom. The van der Waals surface area contributed by atoms with Crippen molar-refractivity contribution in [1.29, 1.82) is 0 Å². The summed E-state index contributed by atoms with van der Waals surface area (Å²) in [5, 5.41) is 0. The predicted octanol–water partition coefficient (Wildman–Crippen LogP) is 4.42. The lowest BCUT2D eigenvalue weighted by molar-refractivity contribution is 0.0981. The van der Waals surface area contributed by atoms with E-state index >= 15 is 0 Å². The summed E-state index contributed by atoms with van der Waals surface area (Å²) in [5.41, 5.74) is 0.843. The van der Waals surface area contributed by atoms with Crippen LogP contribution < -0.4 is 0 Å². The number of hydrogen-bond acceptors (Lipinski definition) is 2. The zero-order valence-electron chi connectivity index (χ0n) is 10.3. The van der Waals surface area contributed by atoms with Crippen molar-refractivity contribution in [1.82, 2.24) is 0 Å². The predicted molar refractivity (Wildman–Crippen MR) is 71.2 cm³/mol. The Morgan fingerprint density at radius 3 is 2.38 bits per heavy atom. The van der Waals surface area contributed by atoms with Crippen LogP contribution in [-0.2, 0) is 0 Å². The van der Waals surface area contributed by atoms with Gasteiger partial charge in [-0.15, -0.1) is 11.8 Å². The lowest BCUT2D eigenvalue weighted by Crippen LogP contribution is -1.97. The molecule has 1 nitrogen and oxygen atoms in total. The molecule has 0 spiro atoms. The van der Waals surface area contributed by atoms with Crippen LogP contribution >= 0.6 is 11.8 Å². The molecular weight excluding hydrogens is 216 g/mol. The van der Waals surface area contributed by atoms with Crippen LogP contribution in [0.25, 0.3) is 0 Å². The molecule has 0 heterocycles. The van der Waals surface area contributed by atoms with Gasteiger partial charge in [-0.05, 0) is 24.5 Å². The highest BCUT2D eigenvalue weighted by atomic mass is 32.2. The van der Waals surface area contributed by atoms with Gasteiger partial charge in [0, 0.05) is 22.6 Å². The number of benzene rings is 1. The zero-order chi connectivity index (χ0) is 12.0. The molecule has 0 aromatic heterocycles. The molecule has 88 valence electrons. The topological polar surface area (TPSA) is 17.1 Å². The highest BCUT2D eigenvalue weighted by Crippen LogP contribution is 2.21. The summed E-state index contributed by atoms with van der Waals surface area (Å²) in [7, 11) is 0. The van der Waals surface area contributed by atoms with Gasteiger partial charge in [0.1, 0.15) is 0 Å². The van der Waals surface area contributed by atoms with Gasteiger partial charge in [-0.3, -0.25) is 4.79 Å². The maximum atomic E-state index is 11.6. The molecule has 0 unspecified atom stereocenters.